The Kier molecular flexibility index (Phi) is 3.93. The maximum absolute atomic E-state index is 12.6. The lowest BCUT2D eigenvalue weighted by Gasteiger charge is -2.29. The van der Waals surface area contributed by atoms with E-state index in [-0.39, 0.29) is 12.0 Å². The van der Waals surface area contributed by atoms with Crippen molar-refractivity contribution >= 4 is 5.69 Å². The summed E-state index contributed by atoms with van der Waals surface area (Å²) in [4.78, 5) is 2.08. The topological polar surface area (TPSA) is 15.3 Å². The Hall–Kier alpha value is -1.49. The molecule has 1 aromatic carbocycles. The van der Waals surface area contributed by atoms with Crippen LogP contribution >= 0.6 is 0 Å². The second-order valence-corrected chi connectivity index (χ2v) is 5.69. The van der Waals surface area contributed by atoms with Crippen LogP contribution in [0, 0.1) is 0 Å². The fraction of sp³-hybridized carbons (Fsp3) is 0.500. The third kappa shape index (κ3) is 3.23. The first-order chi connectivity index (χ1) is 10.0. The number of rotatable bonds is 2. The van der Waals surface area contributed by atoms with Crippen molar-refractivity contribution in [3.63, 3.8) is 0 Å². The number of fused-ring (bicyclic) bond motifs is 1. The third-order valence-corrected chi connectivity index (χ3v) is 4.24. The van der Waals surface area contributed by atoms with Gasteiger partial charge in [-0.3, -0.25) is 4.90 Å². The molecule has 0 spiro atoms. The van der Waals surface area contributed by atoms with Crippen LogP contribution < -0.4 is 5.32 Å². The van der Waals surface area contributed by atoms with Crippen LogP contribution in [-0.2, 0) is 13.0 Å². The summed E-state index contributed by atoms with van der Waals surface area (Å²) in [6, 6.07) is 6.19. The largest absolute Gasteiger partial charge is 0.412 e. The standard InChI is InChI=1S/C16H19F3N2/c17-16(18,19)13-6-9-21(10-7-13)11-12-3-1-5-15-14(12)4-2-8-20-15/h1,3,5-6,20H,2,4,7-11H2. The first kappa shape index (κ1) is 14.4. The highest BCUT2D eigenvalue weighted by Crippen LogP contribution is 2.31. The molecule has 0 fully saturated rings. The normalized spacial score (nSPS) is 19.7. The van der Waals surface area contributed by atoms with Crippen molar-refractivity contribution in [1.82, 2.24) is 4.90 Å². The van der Waals surface area contributed by atoms with E-state index in [1.807, 2.05) is 6.07 Å². The second kappa shape index (κ2) is 5.72. The first-order valence-corrected chi connectivity index (χ1v) is 7.37. The highest BCUT2D eigenvalue weighted by molar-refractivity contribution is 5.56. The second-order valence-electron chi connectivity index (χ2n) is 5.69. The fourth-order valence-corrected chi connectivity index (χ4v) is 3.09. The Morgan fingerprint density at radius 3 is 2.76 bits per heavy atom. The van der Waals surface area contributed by atoms with Crippen LogP contribution in [0.25, 0.3) is 0 Å². The van der Waals surface area contributed by atoms with E-state index in [9.17, 15) is 13.2 Å². The number of nitrogens with zero attached hydrogens (tertiary/aromatic N) is 1. The number of anilines is 1. The monoisotopic (exact) mass is 296 g/mol. The summed E-state index contributed by atoms with van der Waals surface area (Å²) < 4.78 is 37.9. The van der Waals surface area contributed by atoms with Gasteiger partial charge in [0.25, 0.3) is 0 Å². The lowest BCUT2D eigenvalue weighted by Crippen LogP contribution is -2.32. The van der Waals surface area contributed by atoms with Gasteiger partial charge in [-0.2, -0.15) is 13.2 Å². The fourth-order valence-electron chi connectivity index (χ4n) is 3.09. The average molecular weight is 296 g/mol. The summed E-state index contributed by atoms with van der Waals surface area (Å²) in [6.07, 6.45) is -0.575. The Balaban J connectivity index is 1.70. The van der Waals surface area contributed by atoms with Crippen molar-refractivity contribution in [1.29, 1.82) is 0 Å². The predicted molar refractivity (Wildman–Crippen MR) is 77.3 cm³/mol. The Morgan fingerprint density at radius 2 is 2.05 bits per heavy atom. The Morgan fingerprint density at radius 1 is 1.19 bits per heavy atom. The predicted octanol–water partition coefficient (Wildman–Crippen LogP) is 3.74. The van der Waals surface area contributed by atoms with Gasteiger partial charge in [-0.25, -0.2) is 0 Å². The van der Waals surface area contributed by atoms with Crippen molar-refractivity contribution in [2.45, 2.75) is 32.0 Å². The molecule has 2 aliphatic rings. The first-order valence-electron chi connectivity index (χ1n) is 7.37. The van der Waals surface area contributed by atoms with Gasteiger partial charge in [0.1, 0.15) is 0 Å². The highest BCUT2D eigenvalue weighted by atomic mass is 19.4. The number of alkyl halides is 3. The number of hydrogen-bond acceptors (Lipinski definition) is 2. The van der Waals surface area contributed by atoms with Crippen LogP contribution in [0.2, 0.25) is 0 Å². The quantitative estimate of drug-likeness (QED) is 0.836. The van der Waals surface area contributed by atoms with Gasteiger partial charge in [-0.05, 0) is 36.5 Å². The van der Waals surface area contributed by atoms with E-state index in [4.69, 9.17) is 0 Å². The molecule has 0 aromatic heterocycles. The zero-order chi connectivity index (χ0) is 14.9. The zero-order valence-corrected chi connectivity index (χ0v) is 11.8. The molecule has 0 radical (unpaired) electrons. The number of halogens is 3. The van der Waals surface area contributed by atoms with E-state index >= 15 is 0 Å². The van der Waals surface area contributed by atoms with Gasteiger partial charge in [0.2, 0.25) is 0 Å². The van der Waals surface area contributed by atoms with Crippen molar-refractivity contribution in [3.8, 4) is 0 Å². The summed E-state index contributed by atoms with van der Waals surface area (Å²) in [5.74, 6) is 0. The lowest BCUT2D eigenvalue weighted by atomic mass is 9.97. The molecule has 2 aliphatic heterocycles. The van der Waals surface area contributed by atoms with Gasteiger partial charge in [0.05, 0.1) is 0 Å². The molecule has 3 rings (SSSR count). The van der Waals surface area contributed by atoms with E-state index in [0.29, 0.717) is 13.1 Å². The number of benzene rings is 1. The Labute approximate surface area is 122 Å². The van der Waals surface area contributed by atoms with Gasteiger partial charge >= 0.3 is 6.18 Å². The highest BCUT2D eigenvalue weighted by Gasteiger charge is 2.34. The average Bonchev–Trinajstić information content (AvgIpc) is 2.47. The molecule has 114 valence electrons. The smallest absolute Gasteiger partial charge is 0.385 e. The summed E-state index contributed by atoms with van der Waals surface area (Å²) >= 11 is 0. The summed E-state index contributed by atoms with van der Waals surface area (Å²) in [6.45, 7) is 2.58. The van der Waals surface area contributed by atoms with Crippen LogP contribution in [0.3, 0.4) is 0 Å². The number of nitrogens with one attached hydrogen (secondary N) is 1. The Bertz CT molecular complexity index is 549. The van der Waals surface area contributed by atoms with Crippen molar-refractivity contribution < 1.29 is 13.2 Å². The van der Waals surface area contributed by atoms with Crippen LogP contribution in [0.4, 0.5) is 18.9 Å². The molecule has 0 unspecified atom stereocenters. The van der Waals surface area contributed by atoms with E-state index in [1.165, 1.54) is 22.9 Å². The van der Waals surface area contributed by atoms with E-state index < -0.39 is 6.18 Å². The maximum Gasteiger partial charge on any atom is 0.412 e. The van der Waals surface area contributed by atoms with Gasteiger partial charge in [-0.1, -0.05) is 18.2 Å². The van der Waals surface area contributed by atoms with Gasteiger partial charge in [-0.15, -0.1) is 0 Å². The molecule has 0 amide bonds. The molecular weight excluding hydrogens is 277 g/mol. The molecule has 2 heterocycles. The summed E-state index contributed by atoms with van der Waals surface area (Å²) in [7, 11) is 0. The van der Waals surface area contributed by atoms with Gasteiger partial charge in [0.15, 0.2) is 0 Å². The molecule has 0 aliphatic carbocycles. The number of hydrogen-bond donors (Lipinski definition) is 1. The van der Waals surface area contributed by atoms with Crippen molar-refractivity contribution in [3.05, 3.63) is 41.0 Å². The van der Waals surface area contributed by atoms with Gasteiger partial charge < -0.3 is 5.32 Å². The maximum atomic E-state index is 12.6. The molecule has 0 saturated heterocycles. The van der Waals surface area contributed by atoms with Crippen molar-refractivity contribution in [2.75, 3.05) is 25.0 Å². The van der Waals surface area contributed by atoms with Crippen LogP contribution in [0.5, 0.6) is 0 Å². The molecule has 0 saturated carbocycles. The SMILES string of the molecule is FC(F)(F)C1=CCN(Cc2cccc3c2CCCN3)CC1. The lowest BCUT2D eigenvalue weighted by molar-refractivity contribution is -0.0960. The molecule has 5 heteroatoms. The minimum Gasteiger partial charge on any atom is -0.385 e. The van der Waals surface area contributed by atoms with E-state index in [1.54, 1.807) is 0 Å². The molecule has 1 N–H and O–H groups in total. The molecular formula is C16H19F3N2. The molecule has 0 bridgehead atoms. The molecule has 0 atom stereocenters. The van der Waals surface area contributed by atoms with Crippen LogP contribution in [-0.4, -0.2) is 30.7 Å². The van der Waals surface area contributed by atoms with E-state index in [0.717, 1.165) is 25.9 Å². The molecule has 21 heavy (non-hydrogen) atoms. The molecule has 1 aromatic rings. The summed E-state index contributed by atoms with van der Waals surface area (Å²) in [5, 5.41) is 3.39. The van der Waals surface area contributed by atoms with Crippen LogP contribution in [0.1, 0.15) is 24.0 Å². The van der Waals surface area contributed by atoms with E-state index in [2.05, 4.69) is 22.3 Å². The summed E-state index contributed by atoms with van der Waals surface area (Å²) in [5.41, 5.74) is 3.37. The van der Waals surface area contributed by atoms with Crippen LogP contribution in [0.15, 0.2) is 29.8 Å². The molecule has 2 nitrogen and oxygen atoms in total. The zero-order valence-electron chi connectivity index (χ0n) is 11.8. The van der Waals surface area contributed by atoms with Crippen molar-refractivity contribution in [2.24, 2.45) is 0 Å². The third-order valence-electron chi connectivity index (χ3n) is 4.24. The van der Waals surface area contributed by atoms with Gasteiger partial charge in [0, 0.05) is 37.4 Å². The minimum atomic E-state index is -4.16. The minimum absolute atomic E-state index is 0.0940.